The van der Waals surface area contributed by atoms with Crippen LogP contribution >= 0.6 is 0 Å². The summed E-state index contributed by atoms with van der Waals surface area (Å²) < 4.78 is 6.94. The lowest BCUT2D eigenvalue weighted by molar-refractivity contribution is 0.0521. The number of aromatic nitrogens is 2. The molecule has 0 radical (unpaired) electrons. The molecule has 0 aliphatic heterocycles. The third-order valence-corrected chi connectivity index (χ3v) is 5.15. The fourth-order valence-electron chi connectivity index (χ4n) is 4.14. The number of hydrogen-bond acceptors (Lipinski definition) is 4. The molecule has 2 aliphatic carbocycles. The number of imidazole rings is 1. The zero-order valence-corrected chi connectivity index (χ0v) is 12.2. The SMILES string of the molecule is CCOC(=O)c1ncn(C(C)C2CC3CCC2C3)c1N. The zero-order valence-electron chi connectivity index (χ0n) is 12.2. The molecule has 1 aromatic heterocycles. The highest BCUT2D eigenvalue weighted by molar-refractivity contribution is 5.92. The van der Waals surface area contributed by atoms with Gasteiger partial charge in [-0.25, -0.2) is 9.78 Å². The monoisotopic (exact) mass is 277 g/mol. The molecule has 5 nitrogen and oxygen atoms in total. The number of carbonyl (C=O) groups is 1. The normalized spacial score (nSPS) is 29.6. The Balaban J connectivity index is 1.79. The summed E-state index contributed by atoms with van der Waals surface area (Å²) >= 11 is 0. The van der Waals surface area contributed by atoms with Crippen LogP contribution in [-0.2, 0) is 4.74 Å². The first kappa shape index (κ1) is 13.5. The maximum atomic E-state index is 11.8. The lowest BCUT2D eigenvalue weighted by Crippen LogP contribution is -2.23. The van der Waals surface area contributed by atoms with Gasteiger partial charge in [-0.05, 0) is 50.9 Å². The molecule has 2 fully saturated rings. The van der Waals surface area contributed by atoms with E-state index >= 15 is 0 Å². The van der Waals surface area contributed by atoms with Gasteiger partial charge in [0.25, 0.3) is 0 Å². The van der Waals surface area contributed by atoms with Crippen molar-refractivity contribution >= 4 is 11.8 Å². The standard InChI is InChI=1S/C15H23N3O2/c1-3-20-15(19)13-14(16)18(8-17-13)9(2)12-7-10-4-5-11(12)6-10/h8-12H,3-7,16H2,1-2H3. The number of carbonyl (C=O) groups excluding carboxylic acids is 1. The van der Waals surface area contributed by atoms with Crippen molar-refractivity contribution in [1.82, 2.24) is 9.55 Å². The van der Waals surface area contributed by atoms with Gasteiger partial charge in [-0.1, -0.05) is 6.42 Å². The fourth-order valence-corrected chi connectivity index (χ4v) is 4.14. The van der Waals surface area contributed by atoms with Gasteiger partial charge in [0.2, 0.25) is 0 Å². The quantitative estimate of drug-likeness (QED) is 0.859. The molecule has 5 heteroatoms. The Hall–Kier alpha value is -1.52. The van der Waals surface area contributed by atoms with Crippen LogP contribution in [0.5, 0.6) is 0 Å². The predicted molar refractivity (Wildman–Crippen MR) is 76.2 cm³/mol. The summed E-state index contributed by atoms with van der Waals surface area (Å²) in [5.41, 5.74) is 6.35. The lowest BCUT2D eigenvalue weighted by atomic mass is 9.84. The minimum atomic E-state index is -0.427. The lowest BCUT2D eigenvalue weighted by Gasteiger charge is -2.29. The van der Waals surface area contributed by atoms with Gasteiger partial charge >= 0.3 is 5.97 Å². The van der Waals surface area contributed by atoms with E-state index in [-0.39, 0.29) is 5.69 Å². The van der Waals surface area contributed by atoms with Crippen LogP contribution < -0.4 is 5.73 Å². The summed E-state index contributed by atoms with van der Waals surface area (Å²) in [4.78, 5) is 15.9. The number of rotatable bonds is 4. The van der Waals surface area contributed by atoms with Crippen molar-refractivity contribution in [3.8, 4) is 0 Å². The number of nitrogen functional groups attached to an aromatic ring is 1. The number of nitrogens with two attached hydrogens (primary N) is 1. The zero-order chi connectivity index (χ0) is 14.3. The Morgan fingerprint density at radius 3 is 2.95 bits per heavy atom. The van der Waals surface area contributed by atoms with E-state index in [9.17, 15) is 4.79 Å². The number of nitrogens with zero attached hydrogens (tertiary/aromatic N) is 2. The van der Waals surface area contributed by atoms with Gasteiger partial charge in [-0.2, -0.15) is 0 Å². The molecule has 4 atom stereocenters. The molecular weight excluding hydrogens is 254 g/mol. The highest BCUT2D eigenvalue weighted by atomic mass is 16.5. The fraction of sp³-hybridized carbons (Fsp3) is 0.733. The average molecular weight is 277 g/mol. The van der Waals surface area contributed by atoms with Crippen molar-refractivity contribution in [3.63, 3.8) is 0 Å². The molecule has 2 saturated carbocycles. The summed E-state index contributed by atoms with van der Waals surface area (Å²) in [6.45, 7) is 4.31. The smallest absolute Gasteiger partial charge is 0.360 e. The third kappa shape index (κ3) is 2.09. The number of anilines is 1. The van der Waals surface area contributed by atoms with Crippen LogP contribution in [0.3, 0.4) is 0 Å². The maximum absolute atomic E-state index is 11.8. The van der Waals surface area contributed by atoms with Crippen molar-refractivity contribution < 1.29 is 9.53 Å². The Labute approximate surface area is 119 Å². The minimum Gasteiger partial charge on any atom is -0.461 e. The first-order valence-corrected chi connectivity index (χ1v) is 7.61. The second kappa shape index (κ2) is 5.11. The molecule has 0 spiro atoms. The molecule has 0 aromatic carbocycles. The molecular formula is C15H23N3O2. The van der Waals surface area contributed by atoms with Gasteiger partial charge in [0, 0.05) is 6.04 Å². The van der Waals surface area contributed by atoms with Gasteiger partial charge in [0.1, 0.15) is 5.82 Å². The van der Waals surface area contributed by atoms with Gasteiger partial charge in [0.05, 0.1) is 12.9 Å². The van der Waals surface area contributed by atoms with Gasteiger partial charge in [-0.3, -0.25) is 0 Å². The van der Waals surface area contributed by atoms with Crippen LogP contribution in [0, 0.1) is 17.8 Å². The second-order valence-corrected chi connectivity index (χ2v) is 6.19. The molecule has 4 unspecified atom stereocenters. The summed E-state index contributed by atoms with van der Waals surface area (Å²) in [6, 6.07) is 0.306. The second-order valence-electron chi connectivity index (χ2n) is 6.19. The van der Waals surface area contributed by atoms with Crippen LogP contribution in [0.2, 0.25) is 0 Å². The first-order chi connectivity index (χ1) is 9.61. The summed E-state index contributed by atoms with van der Waals surface area (Å²) in [7, 11) is 0. The van der Waals surface area contributed by atoms with Gasteiger partial charge in [-0.15, -0.1) is 0 Å². The van der Waals surface area contributed by atoms with Crippen LogP contribution in [0.4, 0.5) is 5.82 Å². The average Bonchev–Trinajstić information content (AvgIpc) is 3.12. The minimum absolute atomic E-state index is 0.252. The first-order valence-electron chi connectivity index (χ1n) is 7.61. The number of esters is 1. The van der Waals surface area contributed by atoms with Crippen molar-refractivity contribution in [2.75, 3.05) is 12.3 Å². The van der Waals surface area contributed by atoms with Crippen LogP contribution in [0.1, 0.15) is 56.1 Å². The number of fused-ring (bicyclic) bond motifs is 2. The third-order valence-electron chi connectivity index (χ3n) is 5.15. The molecule has 2 aliphatic rings. The Bertz CT molecular complexity index is 511. The number of ether oxygens (including phenoxy) is 1. The highest BCUT2D eigenvalue weighted by Gasteiger charge is 2.42. The molecule has 3 rings (SSSR count). The van der Waals surface area contributed by atoms with E-state index in [2.05, 4.69) is 11.9 Å². The topological polar surface area (TPSA) is 70.1 Å². The van der Waals surface area contributed by atoms with E-state index in [0.29, 0.717) is 24.4 Å². The Kier molecular flexibility index (Phi) is 3.44. The molecule has 20 heavy (non-hydrogen) atoms. The van der Waals surface area contributed by atoms with Crippen LogP contribution in [-0.4, -0.2) is 22.1 Å². The van der Waals surface area contributed by atoms with E-state index in [0.717, 1.165) is 11.8 Å². The van der Waals surface area contributed by atoms with E-state index in [4.69, 9.17) is 10.5 Å². The molecule has 0 saturated heterocycles. The van der Waals surface area contributed by atoms with E-state index in [1.807, 2.05) is 4.57 Å². The van der Waals surface area contributed by atoms with E-state index in [1.165, 1.54) is 25.7 Å². The van der Waals surface area contributed by atoms with E-state index in [1.54, 1.807) is 13.3 Å². The Morgan fingerprint density at radius 2 is 2.35 bits per heavy atom. The van der Waals surface area contributed by atoms with Crippen molar-refractivity contribution in [2.45, 2.75) is 45.6 Å². The summed E-state index contributed by atoms with van der Waals surface area (Å²) in [5.74, 6) is 2.41. The summed E-state index contributed by atoms with van der Waals surface area (Å²) in [5, 5.41) is 0. The molecule has 0 amide bonds. The van der Waals surface area contributed by atoms with Gasteiger partial charge in [0.15, 0.2) is 5.69 Å². The Morgan fingerprint density at radius 1 is 1.55 bits per heavy atom. The number of hydrogen-bond donors (Lipinski definition) is 1. The molecule has 2 bridgehead atoms. The van der Waals surface area contributed by atoms with Crippen molar-refractivity contribution in [1.29, 1.82) is 0 Å². The van der Waals surface area contributed by atoms with E-state index < -0.39 is 5.97 Å². The highest BCUT2D eigenvalue weighted by Crippen LogP contribution is 2.52. The molecule has 110 valence electrons. The largest absolute Gasteiger partial charge is 0.461 e. The van der Waals surface area contributed by atoms with Crippen LogP contribution in [0.25, 0.3) is 0 Å². The maximum Gasteiger partial charge on any atom is 0.360 e. The molecule has 1 heterocycles. The summed E-state index contributed by atoms with van der Waals surface area (Å²) in [6.07, 6.45) is 7.09. The van der Waals surface area contributed by atoms with Gasteiger partial charge < -0.3 is 15.0 Å². The molecule has 2 N–H and O–H groups in total. The molecule has 1 aromatic rings. The van der Waals surface area contributed by atoms with Crippen molar-refractivity contribution in [2.24, 2.45) is 17.8 Å². The predicted octanol–water partition coefficient (Wildman–Crippen LogP) is 2.64. The van der Waals surface area contributed by atoms with Crippen LogP contribution in [0.15, 0.2) is 6.33 Å². The van der Waals surface area contributed by atoms with Crippen molar-refractivity contribution in [3.05, 3.63) is 12.0 Å².